The average Bonchev–Trinajstić information content (AvgIpc) is 2.46. The van der Waals surface area contributed by atoms with E-state index in [-0.39, 0.29) is 17.9 Å². The lowest BCUT2D eigenvalue weighted by Crippen LogP contribution is -2.23. The number of nitrogens with one attached hydrogen (secondary N) is 1. The van der Waals surface area contributed by atoms with Crippen LogP contribution < -0.4 is 10.1 Å². The fourth-order valence-electron chi connectivity index (χ4n) is 1.74. The second-order valence-electron chi connectivity index (χ2n) is 4.00. The van der Waals surface area contributed by atoms with Gasteiger partial charge >= 0.3 is 0 Å². The Balaban J connectivity index is 2.14. The van der Waals surface area contributed by atoms with Crippen LogP contribution in [-0.2, 0) is 6.54 Å². The van der Waals surface area contributed by atoms with Gasteiger partial charge in [-0.3, -0.25) is 9.78 Å². The number of amides is 1. The van der Waals surface area contributed by atoms with E-state index >= 15 is 0 Å². The molecule has 2 aromatic rings. The van der Waals surface area contributed by atoms with Crippen LogP contribution in [0.3, 0.4) is 0 Å². The Labute approximate surface area is 121 Å². The predicted octanol–water partition coefficient (Wildman–Crippen LogP) is 2.38. The fraction of sp³-hybridized carbons (Fsp3) is 0.143. The lowest BCUT2D eigenvalue weighted by Gasteiger charge is -2.11. The maximum atomic E-state index is 12.0. The van der Waals surface area contributed by atoms with Gasteiger partial charge in [0.15, 0.2) is 0 Å². The van der Waals surface area contributed by atoms with E-state index in [9.17, 15) is 9.90 Å². The Morgan fingerprint density at radius 2 is 2.25 bits per heavy atom. The van der Waals surface area contributed by atoms with E-state index in [4.69, 9.17) is 16.3 Å². The molecular formula is C14H13ClN2O3. The molecular weight excluding hydrogens is 280 g/mol. The highest BCUT2D eigenvalue weighted by molar-refractivity contribution is 6.31. The van der Waals surface area contributed by atoms with E-state index in [1.54, 1.807) is 18.2 Å². The molecule has 0 saturated heterocycles. The van der Waals surface area contributed by atoms with Crippen LogP contribution in [0.5, 0.6) is 11.5 Å². The van der Waals surface area contributed by atoms with Gasteiger partial charge in [-0.2, -0.15) is 0 Å². The monoisotopic (exact) mass is 292 g/mol. The quantitative estimate of drug-likeness (QED) is 0.907. The first kappa shape index (κ1) is 14.1. The molecule has 2 rings (SSSR count). The smallest absolute Gasteiger partial charge is 0.255 e. The van der Waals surface area contributed by atoms with Crippen molar-refractivity contribution < 1.29 is 14.6 Å². The summed E-state index contributed by atoms with van der Waals surface area (Å²) in [6.07, 6.45) is 2.65. The van der Waals surface area contributed by atoms with Crippen molar-refractivity contribution in [2.45, 2.75) is 6.54 Å². The third-order valence-corrected chi connectivity index (χ3v) is 3.12. The van der Waals surface area contributed by atoms with Crippen molar-refractivity contribution in [1.82, 2.24) is 10.3 Å². The summed E-state index contributed by atoms with van der Waals surface area (Å²) >= 11 is 6.08. The first-order chi connectivity index (χ1) is 9.63. The highest BCUT2D eigenvalue weighted by Crippen LogP contribution is 2.26. The SMILES string of the molecule is COc1cccc(Cl)c1CNC(=O)c1ccncc1O. The molecule has 0 saturated carbocycles. The molecule has 0 aliphatic carbocycles. The molecule has 0 atom stereocenters. The number of hydrogen-bond acceptors (Lipinski definition) is 4. The average molecular weight is 293 g/mol. The van der Waals surface area contributed by atoms with Gasteiger partial charge < -0.3 is 15.2 Å². The first-order valence-corrected chi connectivity index (χ1v) is 6.24. The molecule has 1 amide bonds. The summed E-state index contributed by atoms with van der Waals surface area (Å²) in [4.78, 5) is 15.7. The summed E-state index contributed by atoms with van der Waals surface area (Å²) in [6.45, 7) is 0.198. The van der Waals surface area contributed by atoms with E-state index in [1.807, 2.05) is 0 Å². The second kappa shape index (κ2) is 6.25. The molecule has 6 heteroatoms. The maximum absolute atomic E-state index is 12.0. The zero-order valence-corrected chi connectivity index (χ0v) is 11.5. The van der Waals surface area contributed by atoms with Crippen molar-refractivity contribution in [2.75, 3.05) is 7.11 Å². The van der Waals surface area contributed by atoms with Gasteiger partial charge in [0.1, 0.15) is 11.5 Å². The van der Waals surface area contributed by atoms with E-state index in [0.29, 0.717) is 16.3 Å². The van der Waals surface area contributed by atoms with Crippen molar-refractivity contribution >= 4 is 17.5 Å². The van der Waals surface area contributed by atoms with Crippen LogP contribution in [0.15, 0.2) is 36.7 Å². The number of aromatic nitrogens is 1. The highest BCUT2D eigenvalue weighted by atomic mass is 35.5. The molecule has 20 heavy (non-hydrogen) atoms. The molecule has 2 N–H and O–H groups in total. The summed E-state index contributed by atoms with van der Waals surface area (Å²) in [7, 11) is 1.53. The minimum Gasteiger partial charge on any atom is -0.505 e. The van der Waals surface area contributed by atoms with Crippen LogP contribution >= 0.6 is 11.6 Å². The molecule has 0 radical (unpaired) electrons. The Hall–Kier alpha value is -2.27. The first-order valence-electron chi connectivity index (χ1n) is 5.86. The van der Waals surface area contributed by atoms with Gasteiger partial charge in [0, 0.05) is 23.3 Å². The molecule has 104 valence electrons. The number of halogens is 1. The Bertz CT molecular complexity index is 632. The molecule has 5 nitrogen and oxygen atoms in total. The van der Waals surface area contributed by atoms with Crippen LogP contribution in [0.4, 0.5) is 0 Å². The highest BCUT2D eigenvalue weighted by Gasteiger charge is 2.13. The number of carbonyl (C=O) groups is 1. The third kappa shape index (κ3) is 3.00. The van der Waals surface area contributed by atoms with Crippen LogP contribution in [0.1, 0.15) is 15.9 Å². The van der Waals surface area contributed by atoms with Gasteiger partial charge in [-0.1, -0.05) is 17.7 Å². The summed E-state index contributed by atoms with van der Waals surface area (Å²) in [5.74, 6) is 0.0137. The van der Waals surface area contributed by atoms with Crippen LogP contribution in [0.2, 0.25) is 5.02 Å². The van der Waals surface area contributed by atoms with Crippen molar-refractivity contribution in [1.29, 1.82) is 0 Å². The fourth-order valence-corrected chi connectivity index (χ4v) is 1.98. The molecule has 0 fully saturated rings. The second-order valence-corrected chi connectivity index (χ2v) is 4.40. The molecule has 1 aromatic heterocycles. The van der Waals surface area contributed by atoms with Gasteiger partial charge in [0.2, 0.25) is 0 Å². The standard InChI is InChI=1S/C14H13ClN2O3/c1-20-13-4-2-3-11(15)10(13)7-17-14(19)9-5-6-16-8-12(9)18/h2-6,8,18H,7H2,1H3,(H,17,19). The van der Waals surface area contributed by atoms with Gasteiger partial charge in [-0.15, -0.1) is 0 Å². The van der Waals surface area contributed by atoms with Crippen molar-refractivity contribution in [3.63, 3.8) is 0 Å². The summed E-state index contributed by atoms with van der Waals surface area (Å²) in [5.41, 5.74) is 0.838. The number of carbonyl (C=O) groups excluding carboxylic acids is 1. The number of pyridine rings is 1. The Kier molecular flexibility index (Phi) is 4.42. The third-order valence-electron chi connectivity index (χ3n) is 2.77. The largest absolute Gasteiger partial charge is 0.505 e. The molecule has 1 heterocycles. The van der Waals surface area contributed by atoms with Crippen LogP contribution in [0.25, 0.3) is 0 Å². The van der Waals surface area contributed by atoms with Crippen LogP contribution in [-0.4, -0.2) is 23.1 Å². The number of ether oxygens (including phenoxy) is 1. The zero-order chi connectivity index (χ0) is 14.5. The number of rotatable bonds is 4. The minimum absolute atomic E-state index is 0.158. The molecule has 0 spiro atoms. The van der Waals surface area contributed by atoms with E-state index in [1.165, 1.54) is 25.6 Å². The molecule has 0 aliphatic rings. The molecule has 1 aromatic carbocycles. The van der Waals surface area contributed by atoms with E-state index < -0.39 is 5.91 Å². The van der Waals surface area contributed by atoms with Crippen molar-refractivity contribution in [3.05, 3.63) is 52.8 Å². The Morgan fingerprint density at radius 3 is 2.95 bits per heavy atom. The van der Waals surface area contributed by atoms with Gasteiger partial charge in [-0.05, 0) is 18.2 Å². The van der Waals surface area contributed by atoms with Gasteiger partial charge in [0.05, 0.1) is 18.9 Å². The molecule has 0 bridgehead atoms. The Morgan fingerprint density at radius 1 is 1.45 bits per heavy atom. The number of aromatic hydroxyl groups is 1. The number of hydrogen-bond donors (Lipinski definition) is 2. The van der Waals surface area contributed by atoms with E-state index in [2.05, 4.69) is 10.3 Å². The lowest BCUT2D eigenvalue weighted by molar-refractivity contribution is 0.0948. The summed E-state index contributed by atoms with van der Waals surface area (Å²) in [5, 5.41) is 12.7. The molecule has 0 unspecified atom stereocenters. The minimum atomic E-state index is -0.410. The van der Waals surface area contributed by atoms with E-state index in [0.717, 1.165) is 0 Å². The number of methoxy groups -OCH3 is 1. The molecule has 0 aliphatic heterocycles. The predicted molar refractivity (Wildman–Crippen MR) is 75.1 cm³/mol. The summed E-state index contributed by atoms with van der Waals surface area (Å²) in [6, 6.07) is 6.68. The van der Waals surface area contributed by atoms with Gasteiger partial charge in [0.25, 0.3) is 5.91 Å². The zero-order valence-electron chi connectivity index (χ0n) is 10.8. The maximum Gasteiger partial charge on any atom is 0.255 e. The normalized spacial score (nSPS) is 10.1. The van der Waals surface area contributed by atoms with Gasteiger partial charge in [-0.25, -0.2) is 0 Å². The topological polar surface area (TPSA) is 71.5 Å². The number of nitrogens with zero attached hydrogens (tertiary/aromatic N) is 1. The van der Waals surface area contributed by atoms with Crippen molar-refractivity contribution in [2.24, 2.45) is 0 Å². The summed E-state index contributed by atoms with van der Waals surface area (Å²) < 4.78 is 5.19. The van der Waals surface area contributed by atoms with Crippen molar-refractivity contribution in [3.8, 4) is 11.5 Å². The lowest BCUT2D eigenvalue weighted by atomic mass is 10.2. The number of benzene rings is 1. The van der Waals surface area contributed by atoms with Crippen LogP contribution in [0, 0.1) is 0 Å².